The summed E-state index contributed by atoms with van der Waals surface area (Å²) < 4.78 is 5.14. The maximum Gasteiger partial charge on any atom is 0.326 e. The van der Waals surface area contributed by atoms with Gasteiger partial charge in [0, 0.05) is 19.6 Å². The number of fused-ring (bicyclic) bond motifs is 1. The van der Waals surface area contributed by atoms with Crippen LogP contribution in [0.15, 0.2) is 48.5 Å². The summed E-state index contributed by atoms with van der Waals surface area (Å²) in [5.41, 5.74) is 1.36. The summed E-state index contributed by atoms with van der Waals surface area (Å²) in [6.07, 6.45) is 0.518. The molecular weight excluding hydrogens is 450 g/mol. The quantitative estimate of drug-likeness (QED) is 0.475. The van der Waals surface area contributed by atoms with E-state index in [1.54, 1.807) is 6.07 Å². The molecule has 35 heavy (non-hydrogen) atoms. The van der Waals surface area contributed by atoms with Crippen LogP contribution in [0.25, 0.3) is 0 Å². The summed E-state index contributed by atoms with van der Waals surface area (Å²) in [6, 6.07) is 12.2. The summed E-state index contributed by atoms with van der Waals surface area (Å²) in [6.45, 7) is 4.33. The van der Waals surface area contributed by atoms with Gasteiger partial charge in [-0.15, -0.1) is 0 Å². The predicted octanol–water partition coefficient (Wildman–Crippen LogP) is 3.39. The highest BCUT2D eigenvalue weighted by molar-refractivity contribution is 6.21. The van der Waals surface area contributed by atoms with Crippen molar-refractivity contribution in [3.05, 3.63) is 65.2 Å². The third-order valence-corrected chi connectivity index (χ3v) is 5.96. The molecule has 0 aromatic heterocycles. The highest BCUT2D eigenvalue weighted by atomic mass is 16.5. The van der Waals surface area contributed by atoms with Crippen LogP contribution in [0.1, 0.15) is 53.0 Å². The zero-order valence-electron chi connectivity index (χ0n) is 20.2. The number of imide groups is 1. The molecule has 1 atom stereocenters. The molecule has 3 rings (SSSR count). The van der Waals surface area contributed by atoms with Gasteiger partial charge in [-0.2, -0.15) is 0 Å². The van der Waals surface area contributed by atoms with E-state index >= 15 is 0 Å². The van der Waals surface area contributed by atoms with Crippen LogP contribution in [-0.2, 0) is 11.3 Å². The molecule has 2 aromatic carbocycles. The molecule has 0 radical (unpaired) electrons. The molecule has 9 heteroatoms. The van der Waals surface area contributed by atoms with Gasteiger partial charge in [0.25, 0.3) is 11.8 Å². The SMILES string of the molecule is COc1ccc2c(c1)C(=O)N(CC[C@H](C(=O)O)N(CCC(C)C)C(=O)NCc1ccccc1)C2=O. The Hall–Kier alpha value is -3.88. The lowest BCUT2D eigenvalue weighted by Gasteiger charge is -2.30. The molecule has 0 aliphatic carbocycles. The zero-order chi connectivity index (χ0) is 25.5. The number of aliphatic carboxylic acids is 1. The first-order valence-electron chi connectivity index (χ1n) is 11.6. The third-order valence-electron chi connectivity index (χ3n) is 5.96. The van der Waals surface area contributed by atoms with Gasteiger partial charge in [-0.1, -0.05) is 44.2 Å². The first-order chi connectivity index (χ1) is 16.7. The minimum absolute atomic E-state index is 0.0885. The number of hydrogen-bond acceptors (Lipinski definition) is 5. The van der Waals surface area contributed by atoms with Crippen molar-refractivity contribution in [3.8, 4) is 5.75 Å². The van der Waals surface area contributed by atoms with E-state index in [-0.39, 0.29) is 43.1 Å². The van der Waals surface area contributed by atoms with Crippen molar-refractivity contribution in [2.24, 2.45) is 5.92 Å². The molecule has 1 heterocycles. The van der Waals surface area contributed by atoms with Gasteiger partial charge in [-0.25, -0.2) is 9.59 Å². The second kappa shape index (κ2) is 11.5. The molecule has 0 saturated heterocycles. The maximum absolute atomic E-state index is 13.0. The number of carbonyl (C=O) groups is 4. The minimum Gasteiger partial charge on any atom is -0.497 e. The molecule has 4 amide bonds. The van der Waals surface area contributed by atoms with E-state index in [2.05, 4.69) is 5.32 Å². The lowest BCUT2D eigenvalue weighted by Crippen LogP contribution is -2.51. The van der Waals surface area contributed by atoms with Crippen molar-refractivity contribution >= 4 is 23.8 Å². The highest BCUT2D eigenvalue weighted by Gasteiger charge is 2.38. The average molecular weight is 482 g/mol. The van der Waals surface area contributed by atoms with Gasteiger partial charge < -0.3 is 20.1 Å². The molecule has 9 nitrogen and oxygen atoms in total. The number of nitrogens with zero attached hydrogens (tertiary/aromatic N) is 2. The first-order valence-corrected chi connectivity index (χ1v) is 11.6. The Bertz CT molecular complexity index is 1090. The van der Waals surface area contributed by atoms with E-state index in [0.717, 1.165) is 10.5 Å². The van der Waals surface area contributed by atoms with Gasteiger partial charge >= 0.3 is 12.0 Å². The number of ether oxygens (including phenoxy) is 1. The molecule has 2 N–H and O–H groups in total. The number of urea groups is 1. The maximum atomic E-state index is 13.0. The lowest BCUT2D eigenvalue weighted by molar-refractivity contribution is -0.142. The molecule has 1 aliphatic rings. The molecule has 186 valence electrons. The first kappa shape index (κ1) is 25.7. The molecule has 0 fully saturated rings. The van der Waals surface area contributed by atoms with Crippen LogP contribution in [-0.4, -0.2) is 65.0 Å². The van der Waals surface area contributed by atoms with Crippen molar-refractivity contribution < 1.29 is 29.0 Å². The van der Waals surface area contributed by atoms with Gasteiger partial charge in [0.1, 0.15) is 11.8 Å². The zero-order valence-corrected chi connectivity index (χ0v) is 20.2. The number of carboxylic acids is 1. The molecule has 0 unspecified atom stereocenters. The largest absolute Gasteiger partial charge is 0.497 e. The van der Waals surface area contributed by atoms with Crippen molar-refractivity contribution in [2.75, 3.05) is 20.2 Å². The van der Waals surface area contributed by atoms with Crippen molar-refractivity contribution in [1.82, 2.24) is 15.1 Å². The fraction of sp³-hybridized carbons (Fsp3) is 0.385. The Labute approximate surface area is 204 Å². The number of nitrogens with one attached hydrogen (secondary N) is 1. The fourth-order valence-electron chi connectivity index (χ4n) is 3.94. The second-order valence-electron chi connectivity index (χ2n) is 8.84. The third kappa shape index (κ3) is 6.17. The molecular formula is C26H31N3O6. The van der Waals surface area contributed by atoms with Gasteiger partial charge in [0.2, 0.25) is 0 Å². The van der Waals surface area contributed by atoms with Crippen LogP contribution in [0.3, 0.4) is 0 Å². The van der Waals surface area contributed by atoms with E-state index in [4.69, 9.17) is 4.74 Å². The summed E-state index contributed by atoms with van der Waals surface area (Å²) >= 11 is 0. The van der Waals surface area contributed by atoms with Crippen LogP contribution < -0.4 is 10.1 Å². The van der Waals surface area contributed by atoms with Gasteiger partial charge in [0.05, 0.1) is 18.2 Å². The fourth-order valence-corrected chi connectivity index (χ4v) is 3.94. The predicted molar refractivity (Wildman–Crippen MR) is 129 cm³/mol. The molecule has 0 bridgehead atoms. The number of hydrogen-bond donors (Lipinski definition) is 2. The highest BCUT2D eigenvalue weighted by Crippen LogP contribution is 2.27. The number of benzene rings is 2. The summed E-state index contributed by atoms with van der Waals surface area (Å²) in [5.74, 6) is -1.48. The van der Waals surface area contributed by atoms with E-state index in [1.807, 2.05) is 44.2 Å². The van der Waals surface area contributed by atoms with Crippen LogP contribution in [0, 0.1) is 5.92 Å². The molecule has 1 aliphatic heterocycles. The summed E-state index contributed by atoms with van der Waals surface area (Å²) in [4.78, 5) is 53.2. The smallest absolute Gasteiger partial charge is 0.326 e. The lowest BCUT2D eigenvalue weighted by atomic mass is 10.1. The monoisotopic (exact) mass is 481 g/mol. The van der Waals surface area contributed by atoms with Crippen molar-refractivity contribution in [3.63, 3.8) is 0 Å². The molecule has 2 aromatic rings. The van der Waals surface area contributed by atoms with E-state index in [9.17, 15) is 24.3 Å². The van der Waals surface area contributed by atoms with Crippen molar-refractivity contribution in [2.45, 2.75) is 39.3 Å². The normalized spacial score (nSPS) is 13.5. The Morgan fingerprint density at radius 3 is 2.34 bits per heavy atom. The van der Waals surface area contributed by atoms with Gasteiger partial charge in [0.15, 0.2) is 0 Å². The number of methoxy groups -OCH3 is 1. The van der Waals surface area contributed by atoms with Crippen LogP contribution in [0.4, 0.5) is 4.79 Å². The second-order valence-corrected chi connectivity index (χ2v) is 8.84. The van der Waals surface area contributed by atoms with Crippen LogP contribution in [0.5, 0.6) is 5.75 Å². The standard InChI is InChI=1S/C26H31N3O6/c1-17(2)11-13-28(26(34)27-16-18-7-5-4-6-8-18)22(25(32)33)12-14-29-23(30)20-10-9-19(35-3)15-21(20)24(29)31/h4-10,15,17,22H,11-14,16H2,1-3H3,(H,27,34)(H,32,33)/t22-/m1/s1. The van der Waals surface area contributed by atoms with Crippen LogP contribution >= 0.6 is 0 Å². The molecule has 0 saturated carbocycles. The van der Waals surface area contributed by atoms with Crippen molar-refractivity contribution in [1.29, 1.82) is 0 Å². The van der Waals surface area contributed by atoms with E-state index in [1.165, 1.54) is 24.1 Å². The van der Waals surface area contributed by atoms with Gasteiger partial charge in [-0.05, 0) is 42.5 Å². The Kier molecular flexibility index (Phi) is 8.46. The average Bonchev–Trinajstić information content (AvgIpc) is 3.08. The number of carbonyl (C=O) groups excluding carboxylic acids is 3. The number of amides is 4. The van der Waals surface area contributed by atoms with E-state index < -0.39 is 29.9 Å². The molecule has 0 spiro atoms. The van der Waals surface area contributed by atoms with Crippen LogP contribution in [0.2, 0.25) is 0 Å². The topological polar surface area (TPSA) is 116 Å². The Morgan fingerprint density at radius 2 is 1.71 bits per heavy atom. The summed E-state index contributed by atoms with van der Waals surface area (Å²) in [5, 5.41) is 12.8. The minimum atomic E-state index is -1.21. The van der Waals surface area contributed by atoms with Gasteiger partial charge in [-0.3, -0.25) is 14.5 Å². The Balaban J connectivity index is 1.73. The Morgan fingerprint density at radius 1 is 1.03 bits per heavy atom. The van der Waals surface area contributed by atoms with E-state index in [0.29, 0.717) is 12.2 Å². The summed E-state index contributed by atoms with van der Waals surface area (Å²) in [7, 11) is 1.47. The number of carboxylic acid groups (broad SMARTS) is 1. The number of rotatable bonds is 11.